The number of ether oxygens (including phenoxy) is 1. The first kappa shape index (κ1) is 14.0. The Hall–Kier alpha value is -1.03. The molecule has 0 aromatic heterocycles. The summed E-state index contributed by atoms with van der Waals surface area (Å²) in [7, 11) is 0. The average Bonchev–Trinajstić information content (AvgIpc) is 2.14. The second kappa shape index (κ2) is 5.08. The normalized spacial score (nSPS) is 25.5. The molecule has 0 bridgehead atoms. The maximum absolute atomic E-state index is 11.9. The summed E-state index contributed by atoms with van der Waals surface area (Å²) in [6, 6.07) is 0. The molecule has 4 heteroatoms. The monoisotopic (exact) mass is 240 g/mol. The van der Waals surface area contributed by atoms with Crippen LogP contribution in [0.4, 0.5) is 4.79 Å². The van der Waals surface area contributed by atoms with Gasteiger partial charge in [0.15, 0.2) is 0 Å². The summed E-state index contributed by atoms with van der Waals surface area (Å²) >= 11 is 0. The first-order chi connectivity index (χ1) is 7.76. The van der Waals surface area contributed by atoms with Crippen LogP contribution >= 0.6 is 0 Å². The largest absolute Gasteiger partial charge is 0.444 e. The third kappa shape index (κ3) is 4.38. The van der Waals surface area contributed by atoms with Gasteiger partial charge in [-0.15, -0.1) is 6.58 Å². The molecule has 0 saturated carbocycles. The minimum atomic E-state index is -0.454. The summed E-state index contributed by atoms with van der Waals surface area (Å²) in [5.74, 6) is 0. The van der Waals surface area contributed by atoms with Crippen molar-refractivity contribution in [3.63, 3.8) is 0 Å². The van der Waals surface area contributed by atoms with E-state index in [0.717, 1.165) is 25.8 Å². The number of carbonyl (C=O) groups excluding carboxylic acids is 1. The number of piperidine rings is 1. The minimum Gasteiger partial charge on any atom is -0.444 e. The summed E-state index contributed by atoms with van der Waals surface area (Å²) < 4.78 is 5.35. The van der Waals surface area contributed by atoms with Gasteiger partial charge in [0.25, 0.3) is 0 Å². The van der Waals surface area contributed by atoms with E-state index in [2.05, 4.69) is 6.58 Å². The molecule has 0 aromatic carbocycles. The average molecular weight is 240 g/mol. The highest BCUT2D eigenvalue weighted by molar-refractivity contribution is 5.68. The van der Waals surface area contributed by atoms with Crippen LogP contribution in [0.1, 0.15) is 40.0 Å². The molecule has 1 rings (SSSR count). The lowest BCUT2D eigenvalue weighted by Gasteiger charge is -2.40. The van der Waals surface area contributed by atoms with Crippen molar-refractivity contribution < 1.29 is 9.53 Å². The van der Waals surface area contributed by atoms with E-state index in [1.165, 1.54) is 0 Å². The van der Waals surface area contributed by atoms with Crippen LogP contribution in [0.15, 0.2) is 12.7 Å². The molecule has 1 fully saturated rings. The molecule has 0 aliphatic carbocycles. The predicted octanol–water partition coefficient (Wildman–Crippen LogP) is 2.29. The van der Waals surface area contributed by atoms with Gasteiger partial charge in [0, 0.05) is 18.6 Å². The number of nitrogens with two attached hydrogens (primary N) is 1. The molecule has 1 saturated heterocycles. The first-order valence-corrected chi connectivity index (χ1v) is 6.13. The van der Waals surface area contributed by atoms with E-state index in [1.807, 2.05) is 26.8 Å². The lowest BCUT2D eigenvalue weighted by molar-refractivity contribution is 0.0142. The number of carbonyl (C=O) groups is 1. The molecule has 0 spiro atoms. The maximum atomic E-state index is 11.9. The second-order valence-corrected chi connectivity index (χ2v) is 5.86. The van der Waals surface area contributed by atoms with Crippen LogP contribution in [0.2, 0.25) is 0 Å². The highest BCUT2D eigenvalue weighted by Crippen LogP contribution is 2.23. The van der Waals surface area contributed by atoms with Crippen LogP contribution in [-0.4, -0.2) is 35.2 Å². The zero-order valence-electron chi connectivity index (χ0n) is 11.2. The highest BCUT2D eigenvalue weighted by atomic mass is 16.6. The van der Waals surface area contributed by atoms with E-state index >= 15 is 0 Å². The fraction of sp³-hybridized carbons (Fsp3) is 0.769. The maximum Gasteiger partial charge on any atom is 0.410 e. The van der Waals surface area contributed by atoms with Crippen LogP contribution in [0.3, 0.4) is 0 Å². The quantitative estimate of drug-likeness (QED) is 0.753. The van der Waals surface area contributed by atoms with Crippen molar-refractivity contribution in [2.75, 3.05) is 13.1 Å². The van der Waals surface area contributed by atoms with Crippen LogP contribution < -0.4 is 5.73 Å². The zero-order valence-corrected chi connectivity index (χ0v) is 11.2. The van der Waals surface area contributed by atoms with Gasteiger partial charge in [0.1, 0.15) is 5.60 Å². The zero-order chi connectivity index (χ0) is 13.1. The van der Waals surface area contributed by atoms with Gasteiger partial charge in [0.05, 0.1) is 0 Å². The SMILES string of the molecule is C=CCC1(N)CCCN(C(=O)OC(C)(C)C)C1. The van der Waals surface area contributed by atoms with Crippen LogP contribution in [0.25, 0.3) is 0 Å². The Morgan fingerprint density at radius 2 is 2.24 bits per heavy atom. The van der Waals surface area contributed by atoms with Crippen LogP contribution in [-0.2, 0) is 4.74 Å². The van der Waals surface area contributed by atoms with Gasteiger partial charge in [-0.05, 0) is 40.0 Å². The third-order valence-electron chi connectivity index (χ3n) is 2.81. The van der Waals surface area contributed by atoms with Gasteiger partial charge in [0.2, 0.25) is 0 Å². The fourth-order valence-electron chi connectivity index (χ4n) is 2.10. The van der Waals surface area contributed by atoms with Gasteiger partial charge in [-0.25, -0.2) is 4.79 Å². The molecule has 1 atom stereocenters. The van der Waals surface area contributed by atoms with E-state index in [4.69, 9.17) is 10.5 Å². The number of amides is 1. The Bertz CT molecular complexity index is 296. The molecule has 1 aliphatic rings. The number of rotatable bonds is 2. The molecule has 0 radical (unpaired) electrons. The molecular formula is C13H24N2O2. The molecule has 4 nitrogen and oxygen atoms in total. The van der Waals surface area contributed by atoms with E-state index in [-0.39, 0.29) is 11.6 Å². The fourth-order valence-corrected chi connectivity index (χ4v) is 2.10. The molecule has 98 valence electrons. The topological polar surface area (TPSA) is 55.6 Å². The Kier molecular flexibility index (Phi) is 4.20. The van der Waals surface area contributed by atoms with Crippen molar-refractivity contribution in [1.29, 1.82) is 0 Å². The lowest BCUT2D eigenvalue weighted by atomic mass is 9.87. The Balaban J connectivity index is 2.60. The number of likely N-dealkylation sites (tertiary alicyclic amines) is 1. The van der Waals surface area contributed by atoms with E-state index in [9.17, 15) is 4.79 Å². The second-order valence-electron chi connectivity index (χ2n) is 5.86. The molecule has 17 heavy (non-hydrogen) atoms. The van der Waals surface area contributed by atoms with Gasteiger partial charge in [-0.2, -0.15) is 0 Å². The number of hydrogen-bond donors (Lipinski definition) is 1. The van der Waals surface area contributed by atoms with Gasteiger partial charge in [-0.1, -0.05) is 6.08 Å². The summed E-state index contributed by atoms with van der Waals surface area (Å²) in [6.07, 6.45) is 4.13. The van der Waals surface area contributed by atoms with E-state index < -0.39 is 5.60 Å². The molecule has 2 N–H and O–H groups in total. The summed E-state index contributed by atoms with van der Waals surface area (Å²) in [5.41, 5.74) is 5.45. The summed E-state index contributed by atoms with van der Waals surface area (Å²) in [6.45, 7) is 10.6. The molecule has 1 aliphatic heterocycles. The summed E-state index contributed by atoms with van der Waals surface area (Å²) in [4.78, 5) is 13.6. The van der Waals surface area contributed by atoms with E-state index in [0.29, 0.717) is 6.54 Å². The Morgan fingerprint density at radius 3 is 2.76 bits per heavy atom. The van der Waals surface area contributed by atoms with Crippen LogP contribution in [0, 0.1) is 0 Å². The lowest BCUT2D eigenvalue weighted by Crippen LogP contribution is -2.56. The predicted molar refractivity (Wildman–Crippen MR) is 68.8 cm³/mol. The molecule has 1 amide bonds. The molecule has 0 aromatic rings. The van der Waals surface area contributed by atoms with Crippen molar-refractivity contribution in [2.45, 2.75) is 51.2 Å². The van der Waals surface area contributed by atoms with Crippen molar-refractivity contribution in [1.82, 2.24) is 4.90 Å². The van der Waals surface area contributed by atoms with Crippen molar-refractivity contribution in [3.8, 4) is 0 Å². The van der Waals surface area contributed by atoms with E-state index in [1.54, 1.807) is 4.90 Å². The Labute approximate surface area is 104 Å². The Morgan fingerprint density at radius 1 is 1.59 bits per heavy atom. The minimum absolute atomic E-state index is 0.268. The van der Waals surface area contributed by atoms with Crippen molar-refractivity contribution in [3.05, 3.63) is 12.7 Å². The van der Waals surface area contributed by atoms with Gasteiger partial charge < -0.3 is 15.4 Å². The molecule has 1 unspecified atom stereocenters. The number of hydrogen-bond acceptors (Lipinski definition) is 3. The third-order valence-corrected chi connectivity index (χ3v) is 2.81. The molecule has 1 heterocycles. The van der Waals surface area contributed by atoms with Crippen molar-refractivity contribution in [2.24, 2.45) is 5.73 Å². The highest BCUT2D eigenvalue weighted by Gasteiger charge is 2.34. The van der Waals surface area contributed by atoms with Gasteiger partial charge >= 0.3 is 6.09 Å². The molecular weight excluding hydrogens is 216 g/mol. The smallest absolute Gasteiger partial charge is 0.410 e. The van der Waals surface area contributed by atoms with Crippen molar-refractivity contribution >= 4 is 6.09 Å². The number of nitrogens with zero attached hydrogens (tertiary/aromatic N) is 1. The standard InChI is InChI=1S/C13H24N2O2/c1-5-7-13(14)8-6-9-15(10-13)11(16)17-12(2,3)4/h5H,1,6-10,14H2,2-4H3. The summed E-state index contributed by atoms with van der Waals surface area (Å²) in [5, 5.41) is 0. The van der Waals surface area contributed by atoms with Crippen LogP contribution in [0.5, 0.6) is 0 Å². The first-order valence-electron chi connectivity index (χ1n) is 6.13. The van der Waals surface area contributed by atoms with Gasteiger partial charge in [-0.3, -0.25) is 0 Å².